The van der Waals surface area contributed by atoms with Crippen molar-refractivity contribution in [3.8, 4) is 5.69 Å². The van der Waals surface area contributed by atoms with Crippen molar-refractivity contribution in [2.75, 3.05) is 20.1 Å². The zero-order chi connectivity index (χ0) is 21.5. The predicted octanol–water partition coefficient (Wildman–Crippen LogP) is 3.31. The molecule has 0 atom stereocenters. The average molecular weight is 405 g/mol. The van der Waals surface area contributed by atoms with Crippen molar-refractivity contribution in [3.63, 3.8) is 0 Å². The second-order valence-electron chi connectivity index (χ2n) is 7.46. The third-order valence-corrected chi connectivity index (χ3v) is 5.02. The van der Waals surface area contributed by atoms with Crippen LogP contribution >= 0.6 is 0 Å². The molecule has 0 bridgehead atoms. The highest BCUT2D eigenvalue weighted by molar-refractivity contribution is 6.43. The molecule has 1 N–H and O–H groups in total. The van der Waals surface area contributed by atoms with Gasteiger partial charge >= 0.3 is 0 Å². The Bertz CT molecular complexity index is 997. The second-order valence-corrected chi connectivity index (χ2v) is 7.46. The van der Waals surface area contributed by atoms with Gasteiger partial charge in [-0.1, -0.05) is 48.5 Å². The molecule has 2 aromatic carbocycles. The van der Waals surface area contributed by atoms with Gasteiger partial charge in [-0.3, -0.25) is 9.59 Å². The van der Waals surface area contributed by atoms with Gasteiger partial charge in [0.1, 0.15) is 0 Å². The number of nitrogens with one attached hydrogen (secondary N) is 1. The van der Waals surface area contributed by atoms with E-state index in [9.17, 15) is 9.59 Å². The van der Waals surface area contributed by atoms with Gasteiger partial charge in [-0.25, -0.2) is 4.68 Å². The molecular weight excluding hydrogens is 376 g/mol. The summed E-state index contributed by atoms with van der Waals surface area (Å²) in [6.45, 7) is 5.70. The molecule has 0 saturated carbocycles. The van der Waals surface area contributed by atoms with Gasteiger partial charge in [-0.15, -0.1) is 0 Å². The third-order valence-electron chi connectivity index (χ3n) is 5.02. The molecular formula is C24H28N4O2. The Balaban J connectivity index is 1.53. The van der Waals surface area contributed by atoms with Crippen LogP contribution < -0.4 is 5.32 Å². The van der Waals surface area contributed by atoms with Crippen LogP contribution in [0.1, 0.15) is 33.7 Å². The second kappa shape index (κ2) is 9.98. The number of rotatable bonds is 9. The normalized spacial score (nSPS) is 10.9. The fourth-order valence-corrected chi connectivity index (χ4v) is 3.51. The van der Waals surface area contributed by atoms with Gasteiger partial charge in [0.2, 0.25) is 0 Å². The molecule has 1 aromatic heterocycles. The van der Waals surface area contributed by atoms with E-state index in [0.29, 0.717) is 23.5 Å². The molecule has 6 nitrogen and oxygen atoms in total. The number of para-hydroxylation sites is 1. The van der Waals surface area contributed by atoms with Crippen LogP contribution in [0.2, 0.25) is 0 Å². The first-order valence-corrected chi connectivity index (χ1v) is 10.1. The minimum absolute atomic E-state index is 0.373. The zero-order valence-electron chi connectivity index (χ0n) is 17.8. The number of carbonyl (C=O) groups excluding carboxylic acids is 2. The molecule has 156 valence electrons. The van der Waals surface area contributed by atoms with E-state index in [0.717, 1.165) is 25.2 Å². The zero-order valence-corrected chi connectivity index (χ0v) is 17.8. The Morgan fingerprint density at radius 1 is 1.00 bits per heavy atom. The summed E-state index contributed by atoms with van der Waals surface area (Å²) < 4.78 is 1.70. The number of hydrogen-bond donors (Lipinski definition) is 1. The van der Waals surface area contributed by atoms with Crippen LogP contribution in [0.5, 0.6) is 0 Å². The first-order chi connectivity index (χ1) is 14.5. The first-order valence-electron chi connectivity index (χ1n) is 10.1. The van der Waals surface area contributed by atoms with Crippen LogP contribution in [0.15, 0.2) is 60.7 Å². The molecule has 0 fully saturated rings. The predicted molar refractivity (Wildman–Crippen MR) is 118 cm³/mol. The molecule has 0 unspecified atom stereocenters. The first kappa shape index (κ1) is 21.5. The van der Waals surface area contributed by atoms with E-state index < -0.39 is 11.7 Å². The number of carbonyl (C=O) groups is 2. The summed E-state index contributed by atoms with van der Waals surface area (Å²) in [7, 11) is 2.05. The summed E-state index contributed by atoms with van der Waals surface area (Å²) in [5.41, 5.74) is 3.71. The van der Waals surface area contributed by atoms with Crippen molar-refractivity contribution < 1.29 is 9.59 Å². The van der Waals surface area contributed by atoms with Crippen LogP contribution in [0.25, 0.3) is 5.69 Å². The minimum Gasteiger partial charge on any atom is -0.349 e. The lowest BCUT2D eigenvalue weighted by Gasteiger charge is -2.16. The maximum Gasteiger partial charge on any atom is 0.292 e. The monoisotopic (exact) mass is 404 g/mol. The lowest BCUT2D eigenvalue weighted by Crippen LogP contribution is -2.33. The van der Waals surface area contributed by atoms with E-state index in [4.69, 9.17) is 0 Å². The fourth-order valence-electron chi connectivity index (χ4n) is 3.51. The van der Waals surface area contributed by atoms with E-state index >= 15 is 0 Å². The van der Waals surface area contributed by atoms with Crippen LogP contribution in [0.4, 0.5) is 0 Å². The third kappa shape index (κ3) is 5.21. The Labute approximate surface area is 177 Å². The van der Waals surface area contributed by atoms with Crippen molar-refractivity contribution in [1.82, 2.24) is 20.0 Å². The molecule has 0 aliphatic rings. The van der Waals surface area contributed by atoms with Crippen molar-refractivity contribution >= 4 is 11.7 Å². The van der Waals surface area contributed by atoms with Gasteiger partial charge in [-0.2, -0.15) is 5.10 Å². The summed E-state index contributed by atoms with van der Waals surface area (Å²) in [5, 5.41) is 7.20. The topological polar surface area (TPSA) is 67.2 Å². The number of aromatic nitrogens is 2. The van der Waals surface area contributed by atoms with Crippen LogP contribution in [0.3, 0.4) is 0 Å². The summed E-state index contributed by atoms with van der Waals surface area (Å²) >= 11 is 0. The highest BCUT2D eigenvalue weighted by Crippen LogP contribution is 2.18. The molecule has 0 radical (unpaired) electrons. The van der Waals surface area contributed by atoms with Crippen molar-refractivity contribution in [1.29, 1.82) is 0 Å². The van der Waals surface area contributed by atoms with E-state index in [1.807, 2.05) is 62.5 Å². The molecule has 1 amide bonds. The maximum atomic E-state index is 12.7. The van der Waals surface area contributed by atoms with Gasteiger partial charge in [-0.05, 0) is 51.6 Å². The largest absolute Gasteiger partial charge is 0.349 e. The van der Waals surface area contributed by atoms with E-state index in [-0.39, 0.29) is 0 Å². The highest BCUT2D eigenvalue weighted by Gasteiger charge is 2.24. The number of nitrogens with zero attached hydrogens (tertiary/aromatic N) is 3. The maximum absolute atomic E-state index is 12.7. The lowest BCUT2D eigenvalue weighted by molar-refractivity contribution is -0.117. The van der Waals surface area contributed by atoms with Crippen molar-refractivity contribution in [3.05, 3.63) is 83.2 Å². The van der Waals surface area contributed by atoms with Gasteiger partial charge in [0.25, 0.3) is 11.7 Å². The number of aryl methyl sites for hydroxylation is 1. The molecule has 3 rings (SSSR count). The quantitative estimate of drug-likeness (QED) is 0.338. The summed E-state index contributed by atoms with van der Waals surface area (Å²) in [6.07, 6.45) is 0.767. The standard InChI is InChI=1S/C24H28N4O2/c1-18-22(19(2)28(26-18)21-13-8-5-9-14-21)23(29)24(30)25-15-10-16-27(3)17-20-11-6-4-7-12-20/h4-9,11-14H,10,15-17H2,1-3H3,(H,25,30). The van der Waals surface area contributed by atoms with Gasteiger partial charge in [0.15, 0.2) is 0 Å². The highest BCUT2D eigenvalue weighted by atomic mass is 16.2. The Hall–Kier alpha value is -3.25. The molecule has 30 heavy (non-hydrogen) atoms. The Morgan fingerprint density at radius 2 is 1.63 bits per heavy atom. The van der Waals surface area contributed by atoms with E-state index in [2.05, 4.69) is 27.4 Å². The van der Waals surface area contributed by atoms with Crippen LogP contribution in [0, 0.1) is 13.8 Å². The molecule has 0 saturated heterocycles. The smallest absolute Gasteiger partial charge is 0.292 e. The Kier molecular flexibility index (Phi) is 7.14. The molecule has 0 spiro atoms. The summed E-state index contributed by atoms with van der Waals surface area (Å²) in [5.74, 6) is -1.12. The number of ketones is 1. The van der Waals surface area contributed by atoms with Crippen molar-refractivity contribution in [2.45, 2.75) is 26.8 Å². The van der Waals surface area contributed by atoms with E-state index in [1.54, 1.807) is 11.6 Å². The van der Waals surface area contributed by atoms with E-state index in [1.165, 1.54) is 5.56 Å². The minimum atomic E-state index is -0.584. The Morgan fingerprint density at radius 3 is 2.30 bits per heavy atom. The molecule has 0 aliphatic heterocycles. The number of benzene rings is 2. The fraction of sp³-hybridized carbons (Fsp3) is 0.292. The molecule has 6 heteroatoms. The van der Waals surface area contributed by atoms with Gasteiger partial charge < -0.3 is 10.2 Å². The van der Waals surface area contributed by atoms with Gasteiger partial charge in [0, 0.05) is 13.1 Å². The van der Waals surface area contributed by atoms with Crippen molar-refractivity contribution in [2.24, 2.45) is 0 Å². The summed E-state index contributed by atoms with van der Waals surface area (Å²) in [6, 6.07) is 19.8. The number of hydrogen-bond acceptors (Lipinski definition) is 4. The molecule has 3 aromatic rings. The van der Waals surface area contributed by atoms with Gasteiger partial charge in [0.05, 0.1) is 22.6 Å². The molecule has 0 aliphatic carbocycles. The van der Waals surface area contributed by atoms with Crippen LogP contribution in [-0.2, 0) is 11.3 Å². The molecule has 1 heterocycles. The number of amides is 1. The lowest BCUT2D eigenvalue weighted by atomic mass is 10.1. The SMILES string of the molecule is Cc1nn(-c2ccccc2)c(C)c1C(=O)C(=O)NCCCN(C)Cc1ccccc1. The average Bonchev–Trinajstić information content (AvgIpc) is 3.05. The number of Topliss-reactive ketones (excluding diaryl/α,β-unsaturated/α-hetero) is 1. The van der Waals surface area contributed by atoms with Crippen LogP contribution in [-0.4, -0.2) is 46.5 Å². The summed E-state index contributed by atoms with van der Waals surface area (Å²) in [4.78, 5) is 27.3.